The van der Waals surface area contributed by atoms with Gasteiger partial charge in [0.2, 0.25) is 0 Å². The number of benzene rings is 2. The first kappa shape index (κ1) is 15.8. The van der Waals surface area contributed by atoms with Crippen LogP contribution in [0.1, 0.15) is 15.9 Å². The third-order valence-corrected chi connectivity index (χ3v) is 3.13. The van der Waals surface area contributed by atoms with Gasteiger partial charge in [-0.25, -0.2) is 0 Å². The first-order valence-corrected chi connectivity index (χ1v) is 6.88. The van der Waals surface area contributed by atoms with Crippen LogP contribution in [-0.2, 0) is 0 Å². The molecule has 5 heteroatoms. The maximum absolute atomic E-state index is 12.1. The van der Waals surface area contributed by atoms with Crippen LogP contribution in [-0.4, -0.2) is 5.91 Å². The molecular formula is C18H14N4O. The number of allylic oxidation sites excluding steroid dienone is 1. The van der Waals surface area contributed by atoms with E-state index < -0.39 is 0 Å². The molecule has 0 saturated carbocycles. The molecule has 0 aliphatic carbocycles. The van der Waals surface area contributed by atoms with Crippen molar-refractivity contribution >= 4 is 17.3 Å². The molecule has 0 saturated heterocycles. The van der Waals surface area contributed by atoms with Gasteiger partial charge in [-0.05, 0) is 42.8 Å². The Morgan fingerprint density at radius 3 is 2.39 bits per heavy atom. The van der Waals surface area contributed by atoms with Crippen LogP contribution in [0.25, 0.3) is 0 Å². The molecule has 23 heavy (non-hydrogen) atoms. The lowest BCUT2D eigenvalue weighted by Gasteiger charge is -2.10. The van der Waals surface area contributed by atoms with Crippen LogP contribution in [0.5, 0.6) is 0 Å². The number of carbonyl (C=O) groups excluding carboxylic acids is 1. The molecule has 2 aromatic rings. The highest BCUT2D eigenvalue weighted by Gasteiger charge is 2.07. The molecule has 112 valence electrons. The zero-order valence-electron chi connectivity index (χ0n) is 12.5. The van der Waals surface area contributed by atoms with Crippen LogP contribution < -0.4 is 10.6 Å². The fourth-order valence-electron chi connectivity index (χ4n) is 1.92. The molecular weight excluding hydrogens is 288 g/mol. The van der Waals surface area contributed by atoms with Gasteiger partial charge in [0.25, 0.3) is 5.91 Å². The second-order valence-electron chi connectivity index (χ2n) is 4.78. The summed E-state index contributed by atoms with van der Waals surface area (Å²) in [6.45, 7) is 1.87. The predicted octanol–water partition coefficient (Wildman–Crippen LogP) is 3.59. The summed E-state index contributed by atoms with van der Waals surface area (Å²) in [6, 6.07) is 17.9. The van der Waals surface area contributed by atoms with Crippen molar-refractivity contribution in [3.05, 3.63) is 71.4 Å². The van der Waals surface area contributed by atoms with Crippen molar-refractivity contribution in [2.24, 2.45) is 0 Å². The van der Waals surface area contributed by atoms with E-state index in [1.165, 1.54) is 6.20 Å². The lowest BCUT2D eigenvalue weighted by molar-refractivity contribution is 0.102. The van der Waals surface area contributed by atoms with E-state index in [1.54, 1.807) is 36.4 Å². The van der Waals surface area contributed by atoms with E-state index in [0.29, 0.717) is 11.3 Å². The Morgan fingerprint density at radius 2 is 1.78 bits per heavy atom. The summed E-state index contributed by atoms with van der Waals surface area (Å²) >= 11 is 0. The van der Waals surface area contributed by atoms with Gasteiger partial charge in [-0.15, -0.1) is 0 Å². The second kappa shape index (κ2) is 7.44. The van der Waals surface area contributed by atoms with Crippen LogP contribution in [0, 0.1) is 29.6 Å². The monoisotopic (exact) mass is 302 g/mol. The zero-order chi connectivity index (χ0) is 16.7. The van der Waals surface area contributed by atoms with Crippen molar-refractivity contribution in [1.82, 2.24) is 0 Å². The number of aryl methyl sites for hydroxylation is 1. The lowest BCUT2D eigenvalue weighted by atomic mass is 10.1. The molecule has 2 aromatic carbocycles. The number of nitrogens with one attached hydrogen (secondary N) is 2. The fraction of sp³-hybridized carbons (Fsp3) is 0.0556. The molecule has 0 bridgehead atoms. The minimum Gasteiger partial charge on any atom is -0.360 e. The number of anilines is 2. The third-order valence-electron chi connectivity index (χ3n) is 3.13. The molecule has 5 nitrogen and oxygen atoms in total. The van der Waals surface area contributed by atoms with E-state index >= 15 is 0 Å². The summed E-state index contributed by atoms with van der Waals surface area (Å²) < 4.78 is 0. The molecule has 0 unspecified atom stereocenters. The standard InChI is InChI=1S/C18H14N4O/c1-13-9-16(21-12-14(10-19)11-20)7-8-17(13)22-18(23)15-5-3-2-4-6-15/h2-9,12,21H,1H3,(H,22,23). The summed E-state index contributed by atoms with van der Waals surface area (Å²) in [7, 11) is 0. The van der Waals surface area contributed by atoms with E-state index in [-0.39, 0.29) is 11.5 Å². The van der Waals surface area contributed by atoms with E-state index in [0.717, 1.165) is 11.3 Å². The van der Waals surface area contributed by atoms with Crippen LogP contribution in [0.4, 0.5) is 11.4 Å². The van der Waals surface area contributed by atoms with Crippen molar-refractivity contribution < 1.29 is 4.79 Å². The van der Waals surface area contributed by atoms with Gasteiger partial charge in [0.1, 0.15) is 17.7 Å². The van der Waals surface area contributed by atoms with Crippen molar-refractivity contribution in [3.63, 3.8) is 0 Å². The molecule has 0 aromatic heterocycles. The largest absolute Gasteiger partial charge is 0.360 e. The number of amides is 1. The van der Waals surface area contributed by atoms with E-state index in [4.69, 9.17) is 10.5 Å². The number of carbonyl (C=O) groups is 1. The Morgan fingerprint density at radius 1 is 1.09 bits per heavy atom. The zero-order valence-corrected chi connectivity index (χ0v) is 12.5. The van der Waals surface area contributed by atoms with Crippen molar-refractivity contribution in [3.8, 4) is 12.1 Å². The van der Waals surface area contributed by atoms with Gasteiger partial charge >= 0.3 is 0 Å². The Kier molecular flexibility index (Phi) is 5.12. The van der Waals surface area contributed by atoms with Crippen LogP contribution in [0.15, 0.2) is 60.3 Å². The maximum atomic E-state index is 12.1. The SMILES string of the molecule is Cc1cc(NC=C(C#N)C#N)ccc1NC(=O)c1ccccc1. The van der Waals surface area contributed by atoms with Gasteiger partial charge in [0, 0.05) is 23.1 Å². The first-order valence-electron chi connectivity index (χ1n) is 6.88. The Labute approximate surface area is 134 Å². The molecule has 0 spiro atoms. The molecule has 1 amide bonds. The quantitative estimate of drug-likeness (QED) is 0.845. The number of nitrogens with zero attached hydrogens (tertiary/aromatic N) is 2. The molecule has 0 aliphatic rings. The Hall–Kier alpha value is -3.57. The first-order chi connectivity index (χ1) is 11.1. The van der Waals surface area contributed by atoms with Crippen molar-refractivity contribution in [2.45, 2.75) is 6.92 Å². The minimum absolute atomic E-state index is 0.0101. The van der Waals surface area contributed by atoms with Gasteiger partial charge in [-0.3, -0.25) is 4.79 Å². The van der Waals surface area contributed by atoms with Gasteiger partial charge in [0.05, 0.1) is 0 Å². The Bertz CT molecular complexity index is 810. The molecule has 0 fully saturated rings. The average molecular weight is 302 g/mol. The molecule has 0 heterocycles. The van der Waals surface area contributed by atoms with Gasteiger partial charge in [-0.1, -0.05) is 18.2 Å². The highest BCUT2D eigenvalue weighted by molar-refractivity contribution is 6.04. The summed E-state index contributed by atoms with van der Waals surface area (Å²) in [5.41, 5.74) is 2.87. The van der Waals surface area contributed by atoms with E-state index in [1.807, 2.05) is 31.2 Å². The fourth-order valence-corrected chi connectivity index (χ4v) is 1.92. The summed E-state index contributed by atoms with van der Waals surface area (Å²) in [5.74, 6) is -0.175. The second-order valence-corrected chi connectivity index (χ2v) is 4.78. The highest BCUT2D eigenvalue weighted by Crippen LogP contribution is 2.20. The molecule has 0 radical (unpaired) electrons. The van der Waals surface area contributed by atoms with E-state index in [9.17, 15) is 4.79 Å². The normalized spacial score (nSPS) is 9.17. The maximum Gasteiger partial charge on any atom is 0.255 e. The van der Waals surface area contributed by atoms with Gasteiger partial charge in [0.15, 0.2) is 0 Å². The topological polar surface area (TPSA) is 88.7 Å². The minimum atomic E-state index is -0.175. The number of nitriles is 2. The number of hydrogen-bond donors (Lipinski definition) is 2. The number of rotatable bonds is 4. The van der Waals surface area contributed by atoms with E-state index in [2.05, 4.69) is 10.6 Å². The smallest absolute Gasteiger partial charge is 0.255 e. The summed E-state index contributed by atoms with van der Waals surface area (Å²) in [6.07, 6.45) is 1.34. The average Bonchev–Trinajstić information content (AvgIpc) is 2.58. The lowest BCUT2D eigenvalue weighted by Crippen LogP contribution is -2.12. The molecule has 0 atom stereocenters. The van der Waals surface area contributed by atoms with Crippen molar-refractivity contribution in [2.75, 3.05) is 10.6 Å². The van der Waals surface area contributed by atoms with Crippen molar-refractivity contribution in [1.29, 1.82) is 10.5 Å². The summed E-state index contributed by atoms with van der Waals surface area (Å²) in [4.78, 5) is 12.1. The van der Waals surface area contributed by atoms with Gasteiger partial charge in [-0.2, -0.15) is 10.5 Å². The van der Waals surface area contributed by atoms with Crippen LogP contribution in [0.2, 0.25) is 0 Å². The van der Waals surface area contributed by atoms with Gasteiger partial charge < -0.3 is 10.6 Å². The molecule has 2 rings (SSSR count). The highest BCUT2D eigenvalue weighted by atomic mass is 16.1. The molecule has 0 aliphatic heterocycles. The predicted molar refractivity (Wildman–Crippen MR) is 88.5 cm³/mol. The number of hydrogen-bond acceptors (Lipinski definition) is 4. The Balaban J connectivity index is 2.11. The van der Waals surface area contributed by atoms with Crippen LogP contribution in [0.3, 0.4) is 0 Å². The van der Waals surface area contributed by atoms with Crippen LogP contribution >= 0.6 is 0 Å². The summed E-state index contributed by atoms with van der Waals surface area (Å²) in [5, 5.41) is 23.1. The molecule has 2 N–H and O–H groups in total. The third kappa shape index (κ3) is 4.20.